The van der Waals surface area contributed by atoms with Crippen LogP contribution in [0.1, 0.15) is 18.5 Å². The number of carbonyl (C=O) groups excluding carboxylic acids is 1. The minimum atomic E-state index is -0.309. The Labute approximate surface area is 104 Å². The molecule has 3 nitrogen and oxygen atoms in total. The molecule has 17 heavy (non-hydrogen) atoms. The Hall–Kier alpha value is -1.07. The molecule has 1 aromatic carbocycles. The van der Waals surface area contributed by atoms with Crippen molar-refractivity contribution in [2.45, 2.75) is 19.0 Å². The number of carbonyl (C=O) groups is 1. The highest BCUT2D eigenvalue weighted by Crippen LogP contribution is 2.17. The van der Waals surface area contributed by atoms with E-state index in [4.69, 9.17) is 0 Å². The molecule has 0 radical (unpaired) electrons. The molecule has 2 N–H and O–H groups in total. The molecule has 1 amide bonds. The van der Waals surface area contributed by atoms with Gasteiger partial charge in [0.1, 0.15) is 5.82 Å². The maximum atomic E-state index is 13.5. The van der Waals surface area contributed by atoms with Crippen LogP contribution in [-0.4, -0.2) is 23.6 Å². The molecule has 5 heteroatoms. The molecule has 1 fully saturated rings. The van der Waals surface area contributed by atoms with E-state index in [0.29, 0.717) is 5.56 Å². The van der Waals surface area contributed by atoms with E-state index in [9.17, 15) is 9.18 Å². The Kier molecular flexibility index (Phi) is 4.02. The number of halogens is 1. The third kappa shape index (κ3) is 2.98. The van der Waals surface area contributed by atoms with Gasteiger partial charge in [0.15, 0.2) is 0 Å². The molecule has 2 unspecified atom stereocenters. The summed E-state index contributed by atoms with van der Waals surface area (Å²) in [7, 11) is 0. The van der Waals surface area contributed by atoms with Crippen LogP contribution in [0.5, 0.6) is 0 Å². The van der Waals surface area contributed by atoms with Crippen molar-refractivity contribution >= 4 is 17.7 Å². The van der Waals surface area contributed by atoms with E-state index < -0.39 is 0 Å². The smallest absolute Gasteiger partial charge is 0.238 e. The van der Waals surface area contributed by atoms with E-state index in [1.54, 1.807) is 36.9 Å². The van der Waals surface area contributed by atoms with Crippen molar-refractivity contribution in [2.75, 3.05) is 11.6 Å². The number of nitrogens with one attached hydrogen (secondary N) is 2. The van der Waals surface area contributed by atoms with Gasteiger partial charge < -0.3 is 5.32 Å². The zero-order valence-corrected chi connectivity index (χ0v) is 10.4. The van der Waals surface area contributed by atoms with Crippen LogP contribution in [0, 0.1) is 5.82 Å². The molecule has 0 spiro atoms. The van der Waals surface area contributed by atoms with E-state index in [1.165, 1.54) is 6.07 Å². The Morgan fingerprint density at radius 2 is 2.35 bits per heavy atom. The third-order valence-corrected chi connectivity index (χ3v) is 3.70. The van der Waals surface area contributed by atoms with Crippen LogP contribution < -0.4 is 10.6 Å². The molecular formula is C12H15FN2OS. The summed E-state index contributed by atoms with van der Waals surface area (Å²) in [5.41, 5.74) is 0.520. The number of thioether (sulfide) groups is 1. The van der Waals surface area contributed by atoms with Crippen molar-refractivity contribution < 1.29 is 9.18 Å². The number of amides is 1. The number of hydrogen-bond donors (Lipinski definition) is 2. The van der Waals surface area contributed by atoms with Crippen molar-refractivity contribution in [1.82, 2.24) is 10.6 Å². The molecule has 0 saturated carbocycles. The molecule has 0 bridgehead atoms. The highest BCUT2D eigenvalue weighted by Gasteiger charge is 2.24. The van der Waals surface area contributed by atoms with Crippen LogP contribution in [0.2, 0.25) is 0 Å². The van der Waals surface area contributed by atoms with Crippen LogP contribution in [0.25, 0.3) is 0 Å². The van der Waals surface area contributed by atoms with Gasteiger partial charge in [0.25, 0.3) is 0 Å². The lowest BCUT2D eigenvalue weighted by atomic mass is 10.1. The van der Waals surface area contributed by atoms with Crippen molar-refractivity contribution in [2.24, 2.45) is 0 Å². The molecule has 1 aliphatic rings. The Morgan fingerprint density at radius 1 is 1.59 bits per heavy atom. The molecule has 2 rings (SSSR count). The molecule has 1 heterocycles. The maximum absolute atomic E-state index is 13.5. The summed E-state index contributed by atoms with van der Waals surface area (Å²) in [5, 5.41) is 5.91. The lowest BCUT2D eigenvalue weighted by Crippen LogP contribution is -2.43. The number of benzene rings is 1. The SMILES string of the molecule is CC(NC(=O)C1CSCN1)c1ccccc1F. The van der Waals surface area contributed by atoms with Crippen LogP contribution in [0.15, 0.2) is 24.3 Å². The van der Waals surface area contributed by atoms with E-state index in [-0.39, 0.29) is 23.8 Å². The van der Waals surface area contributed by atoms with Crippen molar-refractivity contribution in [3.63, 3.8) is 0 Å². The number of hydrogen-bond acceptors (Lipinski definition) is 3. The van der Waals surface area contributed by atoms with Gasteiger partial charge in [-0.25, -0.2) is 4.39 Å². The van der Waals surface area contributed by atoms with E-state index in [1.807, 2.05) is 0 Å². The summed E-state index contributed by atoms with van der Waals surface area (Å²) >= 11 is 1.69. The average Bonchev–Trinajstić information content (AvgIpc) is 2.82. The van der Waals surface area contributed by atoms with Gasteiger partial charge in [-0.15, -0.1) is 11.8 Å². The Balaban J connectivity index is 1.99. The minimum absolute atomic E-state index is 0.0641. The summed E-state index contributed by atoms with van der Waals surface area (Å²) in [5.74, 6) is 1.22. The zero-order valence-electron chi connectivity index (χ0n) is 9.57. The first-order valence-corrected chi connectivity index (χ1v) is 6.70. The van der Waals surface area contributed by atoms with Gasteiger partial charge in [-0.2, -0.15) is 0 Å². The second-order valence-electron chi connectivity index (χ2n) is 4.02. The maximum Gasteiger partial charge on any atom is 0.238 e. The monoisotopic (exact) mass is 254 g/mol. The second-order valence-corrected chi connectivity index (χ2v) is 5.05. The van der Waals surface area contributed by atoms with Crippen molar-refractivity contribution in [1.29, 1.82) is 0 Å². The first kappa shape index (κ1) is 12.4. The summed E-state index contributed by atoms with van der Waals surface area (Å²) in [6.07, 6.45) is 0. The normalized spacial score (nSPS) is 21.2. The standard InChI is InChI=1S/C12H15FN2OS/c1-8(9-4-2-3-5-10(9)13)15-12(16)11-6-17-7-14-11/h2-5,8,11,14H,6-7H2,1H3,(H,15,16). The molecular weight excluding hydrogens is 239 g/mol. The molecule has 1 aliphatic heterocycles. The lowest BCUT2D eigenvalue weighted by Gasteiger charge is -2.17. The highest BCUT2D eigenvalue weighted by molar-refractivity contribution is 7.99. The van der Waals surface area contributed by atoms with Gasteiger partial charge >= 0.3 is 0 Å². The van der Waals surface area contributed by atoms with E-state index in [2.05, 4.69) is 10.6 Å². The van der Waals surface area contributed by atoms with Crippen LogP contribution in [0.4, 0.5) is 4.39 Å². The van der Waals surface area contributed by atoms with Gasteiger partial charge in [0.05, 0.1) is 12.1 Å². The van der Waals surface area contributed by atoms with Gasteiger partial charge in [0, 0.05) is 17.2 Å². The molecule has 0 aromatic heterocycles. The fourth-order valence-electron chi connectivity index (χ4n) is 1.78. The van der Waals surface area contributed by atoms with E-state index in [0.717, 1.165) is 11.6 Å². The van der Waals surface area contributed by atoms with Gasteiger partial charge in [0.2, 0.25) is 5.91 Å². The molecule has 1 aromatic rings. The average molecular weight is 254 g/mol. The minimum Gasteiger partial charge on any atom is -0.348 e. The first-order valence-electron chi connectivity index (χ1n) is 5.54. The number of rotatable bonds is 3. The summed E-state index contributed by atoms with van der Waals surface area (Å²) in [4.78, 5) is 11.8. The van der Waals surface area contributed by atoms with Crippen LogP contribution in [0.3, 0.4) is 0 Å². The molecule has 1 saturated heterocycles. The first-order chi connectivity index (χ1) is 8.18. The fraction of sp³-hybridized carbons (Fsp3) is 0.417. The fourth-order valence-corrected chi connectivity index (χ4v) is 2.72. The second kappa shape index (κ2) is 5.51. The molecule has 2 atom stereocenters. The Morgan fingerprint density at radius 3 is 3.00 bits per heavy atom. The van der Waals surface area contributed by atoms with Crippen LogP contribution in [-0.2, 0) is 4.79 Å². The van der Waals surface area contributed by atoms with Crippen LogP contribution >= 0.6 is 11.8 Å². The van der Waals surface area contributed by atoms with Crippen molar-refractivity contribution in [3.8, 4) is 0 Å². The molecule has 92 valence electrons. The lowest BCUT2D eigenvalue weighted by molar-refractivity contribution is -0.123. The largest absolute Gasteiger partial charge is 0.348 e. The molecule has 0 aliphatic carbocycles. The predicted molar refractivity (Wildman–Crippen MR) is 67.2 cm³/mol. The van der Waals surface area contributed by atoms with Gasteiger partial charge in [-0.1, -0.05) is 18.2 Å². The summed E-state index contributed by atoms with van der Waals surface area (Å²) in [6.45, 7) is 1.79. The van der Waals surface area contributed by atoms with Gasteiger partial charge in [-0.05, 0) is 13.0 Å². The highest BCUT2D eigenvalue weighted by atomic mass is 32.2. The topological polar surface area (TPSA) is 41.1 Å². The summed E-state index contributed by atoms with van der Waals surface area (Å²) in [6, 6.07) is 6.04. The van der Waals surface area contributed by atoms with E-state index >= 15 is 0 Å². The third-order valence-electron chi connectivity index (χ3n) is 2.76. The zero-order chi connectivity index (χ0) is 12.3. The van der Waals surface area contributed by atoms with Gasteiger partial charge in [-0.3, -0.25) is 10.1 Å². The predicted octanol–water partition coefficient (Wildman–Crippen LogP) is 1.67. The quantitative estimate of drug-likeness (QED) is 0.862. The Bertz CT molecular complexity index is 407. The summed E-state index contributed by atoms with van der Waals surface area (Å²) < 4.78 is 13.5. The van der Waals surface area contributed by atoms with Crippen molar-refractivity contribution in [3.05, 3.63) is 35.6 Å².